The number of carbonyl (C=O) groups excluding carboxylic acids is 1. The van der Waals surface area contributed by atoms with Crippen LogP contribution in [0.2, 0.25) is 0 Å². The second kappa shape index (κ2) is 9.14. The van der Waals surface area contributed by atoms with Gasteiger partial charge in [-0.1, -0.05) is 19.1 Å². The van der Waals surface area contributed by atoms with Gasteiger partial charge in [0.15, 0.2) is 5.13 Å². The highest BCUT2D eigenvalue weighted by molar-refractivity contribution is 7.13. The van der Waals surface area contributed by atoms with Crippen LogP contribution in [0.25, 0.3) is 0 Å². The van der Waals surface area contributed by atoms with Gasteiger partial charge in [-0.25, -0.2) is 4.98 Å². The third-order valence-corrected chi connectivity index (χ3v) is 5.33. The van der Waals surface area contributed by atoms with E-state index in [1.54, 1.807) is 0 Å². The molecule has 1 aromatic heterocycles. The number of thiazole rings is 1. The lowest BCUT2D eigenvalue weighted by Crippen LogP contribution is -2.33. The summed E-state index contributed by atoms with van der Waals surface area (Å²) in [5.74, 6) is 1.55. The minimum atomic E-state index is -0.0401. The minimum absolute atomic E-state index is 0.0401. The van der Waals surface area contributed by atoms with Crippen LogP contribution in [-0.2, 0) is 17.8 Å². The average molecular weight is 374 g/mol. The Morgan fingerprint density at radius 1 is 1.38 bits per heavy atom. The first-order valence-electron chi connectivity index (χ1n) is 9.30. The molecule has 0 saturated carbocycles. The molecule has 0 spiro atoms. The van der Waals surface area contributed by atoms with E-state index in [9.17, 15) is 4.79 Å². The zero-order chi connectivity index (χ0) is 18.4. The highest BCUT2D eigenvalue weighted by Gasteiger charge is 2.17. The maximum absolute atomic E-state index is 12.2. The Hall–Kier alpha value is -1.92. The molecule has 2 heterocycles. The lowest BCUT2D eigenvalue weighted by atomic mass is 10.0. The number of hydrogen-bond donors (Lipinski definition) is 1. The van der Waals surface area contributed by atoms with E-state index < -0.39 is 0 Å². The van der Waals surface area contributed by atoms with Crippen molar-refractivity contribution in [2.75, 3.05) is 25.0 Å². The van der Waals surface area contributed by atoms with Crippen LogP contribution in [0.1, 0.15) is 37.9 Å². The number of nitrogens with one attached hydrogen (secondary N) is 1. The molecule has 0 radical (unpaired) electrons. The maximum atomic E-state index is 12.2. The third kappa shape index (κ3) is 5.54. The molecule has 1 amide bonds. The lowest BCUT2D eigenvalue weighted by Gasteiger charge is -2.30. The average Bonchev–Trinajstić information content (AvgIpc) is 3.03. The number of likely N-dealkylation sites (tertiary alicyclic amines) is 1. The van der Waals surface area contributed by atoms with Gasteiger partial charge in [0.1, 0.15) is 5.75 Å². The van der Waals surface area contributed by atoms with E-state index in [-0.39, 0.29) is 5.91 Å². The normalized spacial score (nSPS) is 17.8. The van der Waals surface area contributed by atoms with E-state index >= 15 is 0 Å². The summed E-state index contributed by atoms with van der Waals surface area (Å²) in [7, 11) is 0. The molecule has 1 fully saturated rings. The molecule has 140 valence electrons. The Morgan fingerprint density at radius 2 is 2.19 bits per heavy atom. The van der Waals surface area contributed by atoms with Gasteiger partial charge in [0, 0.05) is 18.5 Å². The second-order valence-corrected chi connectivity index (χ2v) is 7.79. The van der Waals surface area contributed by atoms with Gasteiger partial charge >= 0.3 is 0 Å². The number of nitrogens with zero attached hydrogens (tertiary/aromatic N) is 2. The summed E-state index contributed by atoms with van der Waals surface area (Å²) in [6, 6.07) is 7.64. The highest BCUT2D eigenvalue weighted by Crippen LogP contribution is 2.21. The number of rotatable bonds is 7. The van der Waals surface area contributed by atoms with E-state index in [1.807, 2.05) is 36.6 Å². The van der Waals surface area contributed by atoms with Gasteiger partial charge in [0.25, 0.3) is 0 Å². The van der Waals surface area contributed by atoms with Crippen molar-refractivity contribution in [2.45, 2.75) is 39.7 Å². The minimum Gasteiger partial charge on any atom is -0.494 e. The maximum Gasteiger partial charge on any atom is 0.230 e. The zero-order valence-electron chi connectivity index (χ0n) is 15.5. The van der Waals surface area contributed by atoms with Crippen LogP contribution in [0.4, 0.5) is 5.13 Å². The summed E-state index contributed by atoms with van der Waals surface area (Å²) in [4.78, 5) is 19.3. The SMILES string of the molecule is CCOc1ccc(CC(=O)Nc2nc(CN3CCCC(C)C3)cs2)cc1. The monoisotopic (exact) mass is 373 g/mol. The predicted molar refractivity (Wildman–Crippen MR) is 106 cm³/mol. The topological polar surface area (TPSA) is 54.5 Å². The number of carbonyl (C=O) groups is 1. The smallest absolute Gasteiger partial charge is 0.230 e. The summed E-state index contributed by atoms with van der Waals surface area (Å²) >= 11 is 1.50. The molecule has 26 heavy (non-hydrogen) atoms. The van der Waals surface area contributed by atoms with Gasteiger partial charge in [0.2, 0.25) is 5.91 Å². The summed E-state index contributed by atoms with van der Waals surface area (Å²) in [5, 5.41) is 5.64. The Balaban J connectivity index is 1.49. The number of aromatic nitrogens is 1. The van der Waals surface area contributed by atoms with E-state index in [4.69, 9.17) is 4.74 Å². The van der Waals surface area contributed by atoms with Gasteiger partial charge < -0.3 is 10.1 Å². The fourth-order valence-electron chi connectivity index (χ4n) is 3.32. The third-order valence-electron chi connectivity index (χ3n) is 4.52. The number of anilines is 1. The van der Waals surface area contributed by atoms with Crippen molar-refractivity contribution >= 4 is 22.4 Å². The van der Waals surface area contributed by atoms with Crippen LogP contribution in [0.3, 0.4) is 0 Å². The standard InChI is InChI=1S/C20H27N3O2S/c1-3-25-18-8-6-16(7-9-18)11-19(24)22-20-21-17(14-26-20)13-23-10-4-5-15(2)12-23/h6-9,14-15H,3-5,10-13H2,1-2H3,(H,21,22,24). The number of ether oxygens (including phenoxy) is 1. The first-order valence-corrected chi connectivity index (χ1v) is 10.2. The number of benzene rings is 1. The summed E-state index contributed by atoms with van der Waals surface area (Å²) < 4.78 is 5.42. The number of hydrogen-bond acceptors (Lipinski definition) is 5. The molecule has 3 rings (SSSR count). The van der Waals surface area contributed by atoms with Gasteiger partial charge in [0.05, 0.1) is 18.7 Å². The number of amides is 1. The van der Waals surface area contributed by atoms with Crippen LogP contribution in [0.5, 0.6) is 5.75 Å². The fourth-order valence-corrected chi connectivity index (χ4v) is 4.03. The van der Waals surface area contributed by atoms with E-state index in [0.29, 0.717) is 18.2 Å². The molecule has 5 nitrogen and oxygen atoms in total. The first-order chi connectivity index (χ1) is 12.6. The molecular formula is C20H27N3O2S. The van der Waals surface area contributed by atoms with Crippen LogP contribution < -0.4 is 10.1 Å². The molecule has 1 aromatic carbocycles. The summed E-state index contributed by atoms with van der Waals surface area (Å²) in [5.41, 5.74) is 2.01. The molecule has 1 atom stereocenters. The molecule has 2 aromatic rings. The molecule has 1 unspecified atom stereocenters. The Morgan fingerprint density at radius 3 is 2.92 bits per heavy atom. The Bertz CT molecular complexity index is 714. The molecule has 0 aliphatic carbocycles. The zero-order valence-corrected chi connectivity index (χ0v) is 16.3. The van der Waals surface area contributed by atoms with Gasteiger partial charge in [-0.15, -0.1) is 11.3 Å². The summed E-state index contributed by atoms with van der Waals surface area (Å²) in [6.07, 6.45) is 2.92. The van der Waals surface area contributed by atoms with E-state index in [1.165, 1.54) is 24.2 Å². The molecule has 6 heteroatoms. The van der Waals surface area contributed by atoms with E-state index in [0.717, 1.165) is 42.6 Å². The molecular weight excluding hydrogens is 346 g/mol. The van der Waals surface area contributed by atoms with Crippen molar-refractivity contribution in [3.63, 3.8) is 0 Å². The predicted octanol–water partition coefficient (Wildman–Crippen LogP) is 3.95. The van der Waals surface area contributed by atoms with Crippen LogP contribution in [0.15, 0.2) is 29.6 Å². The van der Waals surface area contributed by atoms with Crippen molar-refractivity contribution in [2.24, 2.45) is 5.92 Å². The fraction of sp³-hybridized carbons (Fsp3) is 0.500. The highest BCUT2D eigenvalue weighted by atomic mass is 32.1. The molecule has 0 bridgehead atoms. The van der Waals surface area contributed by atoms with Crippen LogP contribution >= 0.6 is 11.3 Å². The number of piperidine rings is 1. The van der Waals surface area contributed by atoms with Crippen LogP contribution in [0, 0.1) is 5.92 Å². The lowest BCUT2D eigenvalue weighted by molar-refractivity contribution is -0.115. The quantitative estimate of drug-likeness (QED) is 0.798. The van der Waals surface area contributed by atoms with Gasteiger partial charge in [-0.05, 0) is 49.9 Å². The molecule has 1 saturated heterocycles. The molecule has 1 N–H and O–H groups in total. The Labute approximate surface area is 159 Å². The van der Waals surface area contributed by atoms with Crippen molar-refractivity contribution in [3.05, 3.63) is 40.9 Å². The Kier molecular flexibility index (Phi) is 6.63. The second-order valence-electron chi connectivity index (χ2n) is 6.93. The van der Waals surface area contributed by atoms with Gasteiger partial charge in [-0.3, -0.25) is 9.69 Å². The summed E-state index contributed by atoms with van der Waals surface area (Å²) in [6.45, 7) is 8.05. The van der Waals surface area contributed by atoms with Crippen molar-refractivity contribution in [1.82, 2.24) is 9.88 Å². The van der Waals surface area contributed by atoms with Crippen molar-refractivity contribution in [1.29, 1.82) is 0 Å². The van der Waals surface area contributed by atoms with E-state index in [2.05, 4.69) is 22.1 Å². The van der Waals surface area contributed by atoms with Gasteiger partial charge in [-0.2, -0.15) is 0 Å². The molecule has 1 aliphatic rings. The van der Waals surface area contributed by atoms with Crippen molar-refractivity contribution < 1.29 is 9.53 Å². The van der Waals surface area contributed by atoms with Crippen LogP contribution in [-0.4, -0.2) is 35.5 Å². The first kappa shape index (κ1) is 18.9. The van der Waals surface area contributed by atoms with Crippen molar-refractivity contribution in [3.8, 4) is 5.75 Å². The molecule has 1 aliphatic heterocycles. The largest absolute Gasteiger partial charge is 0.494 e.